The van der Waals surface area contributed by atoms with Crippen LogP contribution in [0.5, 0.6) is 0 Å². The van der Waals surface area contributed by atoms with Crippen LogP contribution in [0.25, 0.3) is 0 Å². The molecule has 0 aromatic heterocycles. The van der Waals surface area contributed by atoms with Crippen molar-refractivity contribution in [3.8, 4) is 0 Å². The highest BCUT2D eigenvalue weighted by molar-refractivity contribution is 5.87. The number of hydrogen-bond donors (Lipinski definition) is 1. The van der Waals surface area contributed by atoms with Gasteiger partial charge < -0.3 is 5.11 Å². The number of carbonyl (C=O) groups is 1. The summed E-state index contributed by atoms with van der Waals surface area (Å²) in [5.74, 6) is -0.339. The highest BCUT2D eigenvalue weighted by Gasteiger charge is 2.27. The maximum absolute atomic E-state index is 11.3. The summed E-state index contributed by atoms with van der Waals surface area (Å²) in [6.07, 6.45) is 3.61. The first-order chi connectivity index (χ1) is 8.08. The molecule has 0 heterocycles. The number of allylic oxidation sites excluding steroid dienone is 1. The van der Waals surface area contributed by atoms with Gasteiger partial charge in [0.2, 0.25) is 0 Å². The van der Waals surface area contributed by atoms with Crippen molar-refractivity contribution < 1.29 is 9.90 Å². The van der Waals surface area contributed by atoms with E-state index in [0.717, 1.165) is 12.8 Å². The summed E-state index contributed by atoms with van der Waals surface area (Å²) >= 11 is 0. The molecule has 0 radical (unpaired) electrons. The van der Waals surface area contributed by atoms with Crippen LogP contribution in [-0.4, -0.2) is 11.1 Å². The Kier molecular flexibility index (Phi) is 3.32. The lowest BCUT2D eigenvalue weighted by molar-refractivity contribution is -0.133. The number of hydrogen-bond acceptors (Lipinski definition) is 1. The number of rotatable bonds is 3. The smallest absolute Gasteiger partial charge is 0.331 e. The summed E-state index contributed by atoms with van der Waals surface area (Å²) < 4.78 is 0. The first kappa shape index (κ1) is 11.9. The van der Waals surface area contributed by atoms with Crippen molar-refractivity contribution in [3.63, 3.8) is 0 Å². The molecule has 17 heavy (non-hydrogen) atoms. The van der Waals surface area contributed by atoms with Crippen LogP contribution >= 0.6 is 0 Å². The molecule has 2 rings (SSSR count). The highest BCUT2D eigenvalue weighted by Crippen LogP contribution is 2.31. The minimum Gasteiger partial charge on any atom is -0.478 e. The van der Waals surface area contributed by atoms with E-state index in [2.05, 4.69) is 12.1 Å². The zero-order chi connectivity index (χ0) is 12.4. The van der Waals surface area contributed by atoms with Crippen LogP contribution < -0.4 is 0 Å². The Bertz CT molecular complexity index is 433. The summed E-state index contributed by atoms with van der Waals surface area (Å²) in [5.41, 5.74) is 3.18. The molecule has 0 fully saturated rings. The summed E-state index contributed by atoms with van der Waals surface area (Å²) in [5, 5.41) is 9.29. The van der Waals surface area contributed by atoms with Crippen LogP contribution in [0.3, 0.4) is 0 Å². The largest absolute Gasteiger partial charge is 0.478 e. The van der Waals surface area contributed by atoms with Crippen molar-refractivity contribution in [2.24, 2.45) is 11.8 Å². The van der Waals surface area contributed by atoms with Gasteiger partial charge in [-0.2, -0.15) is 0 Å². The Morgan fingerprint density at radius 1 is 1.29 bits per heavy atom. The van der Waals surface area contributed by atoms with Gasteiger partial charge in [-0.3, -0.25) is 0 Å². The van der Waals surface area contributed by atoms with Gasteiger partial charge >= 0.3 is 5.97 Å². The molecule has 2 nitrogen and oxygen atoms in total. The molecule has 1 aliphatic rings. The summed E-state index contributed by atoms with van der Waals surface area (Å²) in [7, 11) is 0. The van der Waals surface area contributed by atoms with Crippen molar-refractivity contribution in [2.45, 2.75) is 26.7 Å². The van der Waals surface area contributed by atoms with Crippen molar-refractivity contribution in [1.29, 1.82) is 0 Å². The third-order valence-electron chi connectivity index (χ3n) is 3.25. The van der Waals surface area contributed by atoms with E-state index in [0.29, 0.717) is 5.57 Å². The summed E-state index contributed by atoms with van der Waals surface area (Å²) in [6, 6.07) is 8.25. The second kappa shape index (κ2) is 4.74. The predicted molar refractivity (Wildman–Crippen MR) is 67.9 cm³/mol. The lowest BCUT2D eigenvalue weighted by Crippen LogP contribution is -2.14. The molecule has 0 unspecified atom stereocenters. The molecule has 0 aliphatic heterocycles. The maximum atomic E-state index is 11.3. The average Bonchev–Trinajstić information content (AvgIpc) is 2.68. The molecule has 2 heteroatoms. The highest BCUT2D eigenvalue weighted by atomic mass is 16.4. The normalized spacial score (nSPS) is 16.3. The van der Waals surface area contributed by atoms with Gasteiger partial charge in [0.25, 0.3) is 0 Å². The van der Waals surface area contributed by atoms with Crippen molar-refractivity contribution in [3.05, 3.63) is 47.0 Å². The molecular weight excluding hydrogens is 212 g/mol. The summed E-state index contributed by atoms with van der Waals surface area (Å²) in [4.78, 5) is 11.3. The zero-order valence-corrected chi connectivity index (χ0v) is 10.3. The van der Waals surface area contributed by atoms with Crippen LogP contribution in [0.4, 0.5) is 0 Å². The average molecular weight is 230 g/mol. The predicted octanol–water partition coefficient (Wildman–Crippen LogP) is 3.07. The number of benzene rings is 1. The van der Waals surface area contributed by atoms with Crippen LogP contribution in [0.2, 0.25) is 0 Å². The van der Waals surface area contributed by atoms with Gasteiger partial charge in [-0.05, 0) is 35.8 Å². The molecule has 0 bridgehead atoms. The fourth-order valence-corrected chi connectivity index (χ4v) is 2.52. The van der Waals surface area contributed by atoms with Crippen molar-refractivity contribution in [1.82, 2.24) is 0 Å². The van der Waals surface area contributed by atoms with Gasteiger partial charge in [0.1, 0.15) is 0 Å². The van der Waals surface area contributed by atoms with E-state index < -0.39 is 5.97 Å². The topological polar surface area (TPSA) is 37.3 Å². The van der Waals surface area contributed by atoms with Gasteiger partial charge in [0, 0.05) is 5.57 Å². The minimum atomic E-state index is -0.767. The fraction of sp³-hybridized carbons (Fsp3) is 0.400. The molecule has 1 N–H and O–H groups in total. The van der Waals surface area contributed by atoms with Gasteiger partial charge in [0.15, 0.2) is 0 Å². The van der Waals surface area contributed by atoms with E-state index in [1.807, 2.05) is 32.1 Å². The third kappa shape index (κ3) is 2.57. The Morgan fingerprint density at radius 2 is 1.82 bits per heavy atom. The van der Waals surface area contributed by atoms with Gasteiger partial charge in [-0.1, -0.05) is 44.2 Å². The molecule has 0 saturated carbocycles. The number of aliphatic carboxylic acids is 1. The minimum absolute atomic E-state index is 0.146. The van der Waals surface area contributed by atoms with Crippen molar-refractivity contribution in [2.75, 3.05) is 0 Å². The Hall–Kier alpha value is -1.57. The monoisotopic (exact) mass is 230 g/mol. The van der Waals surface area contributed by atoms with Crippen LogP contribution in [0, 0.1) is 11.8 Å². The molecule has 0 saturated heterocycles. The van der Waals surface area contributed by atoms with E-state index >= 15 is 0 Å². The maximum Gasteiger partial charge on any atom is 0.331 e. The van der Waals surface area contributed by atoms with Gasteiger partial charge in [-0.25, -0.2) is 4.79 Å². The number of carboxylic acids is 1. The first-order valence-corrected chi connectivity index (χ1v) is 6.09. The number of fused-ring (bicyclic) bond motifs is 1. The van der Waals surface area contributed by atoms with E-state index in [1.54, 1.807) is 0 Å². The Morgan fingerprint density at radius 3 is 2.24 bits per heavy atom. The molecular formula is C15H18O2. The Balaban J connectivity index is 2.23. The van der Waals surface area contributed by atoms with Gasteiger partial charge in [0.05, 0.1) is 0 Å². The van der Waals surface area contributed by atoms with Gasteiger partial charge in [-0.15, -0.1) is 0 Å². The van der Waals surface area contributed by atoms with E-state index in [1.165, 1.54) is 11.1 Å². The molecule has 0 amide bonds. The van der Waals surface area contributed by atoms with E-state index in [4.69, 9.17) is 0 Å². The number of carboxylic acid groups (broad SMARTS) is 1. The lowest BCUT2D eigenvalue weighted by Gasteiger charge is -2.11. The summed E-state index contributed by atoms with van der Waals surface area (Å²) in [6.45, 7) is 4.04. The van der Waals surface area contributed by atoms with E-state index in [9.17, 15) is 9.90 Å². The standard InChI is InChI=1S/C15H18O2/c1-10(2)7-14(15(16)17)13-8-11-5-3-4-6-12(11)9-13/h3-7,10,13H,8-9H2,1-2H3,(H,16,17)/b14-7+. The Labute approximate surface area is 102 Å². The third-order valence-corrected chi connectivity index (χ3v) is 3.25. The molecule has 0 atom stereocenters. The second-order valence-corrected chi connectivity index (χ2v) is 5.05. The molecule has 90 valence electrons. The zero-order valence-electron chi connectivity index (χ0n) is 10.3. The van der Waals surface area contributed by atoms with Crippen LogP contribution in [-0.2, 0) is 17.6 Å². The molecule has 1 aromatic rings. The lowest BCUT2D eigenvalue weighted by atomic mass is 9.93. The second-order valence-electron chi connectivity index (χ2n) is 5.05. The SMILES string of the molecule is CC(C)/C=C(/C(=O)O)C1Cc2ccccc2C1. The molecule has 1 aliphatic carbocycles. The molecule has 1 aromatic carbocycles. The van der Waals surface area contributed by atoms with Crippen LogP contribution in [0.1, 0.15) is 25.0 Å². The quantitative estimate of drug-likeness (QED) is 0.810. The first-order valence-electron chi connectivity index (χ1n) is 6.09. The molecule has 0 spiro atoms. The van der Waals surface area contributed by atoms with E-state index in [-0.39, 0.29) is 11.8 Å². The van der Waals surface area contributed by atoms with Crippen LogP contribution in [0.15, 0.2) is 35.9 Å². The fourth-order valence-electron chi connectivity index (χ4n) is 2.52. The van der Waals surface area contributed by atoms with Crippen molar-refractivity contribution >= 4 is 5.97 Å².